The van der Waals surface area contributed by atoms with Gasteiger partial charge >= 0.3 is 11.9 Å². The van der Waals surface area contributed by atoms with Crippen LogP contribution in [0.3, 0.4) is 0 Å². The lowest BCUT2D eigenvalue weighted by molar-refractivity contribution is -0.333. The lowest BCUT2D eigenvalue weighted by Crippen LogP contribution is -2.64. The van der Waals surface area contributed by atoms with Crippen LogP contribution in [0.1, 0.15) is 29.2 Å². The Morgan fingerprint density at radius 2 is 1.05 bits per heavy atom. The summed E-state index contributed by atoms with van der Waals surface area (Å²) in [6.07, 6.45) is -9.73. The monoisotopic (exact) mass is 811 g/mol. The maximum Gasteiger partial charge on any atom is 0.339 e. The van der Waals surface area contributed by atoms with Crippen molar-refractivity contribution in [3.8, 4) is 0 Å². The third-order valence-electron chi connectivity index (χ3n) is 9.83. The van der Waals surface area contributed by atoms with Crippen LogP contribution < -0.4 is 0 Å². The van der Waals surface area contributed by atoms with E-state index in [1.54, 1.807) is 0 Å². The Morgan fingerprint density at radius 3 is 1.49 bits per heavy atom. The van der Waals surface area contributed by atoms with Gasteiger partial charge in [-0.05, 0) is 27.8 Å². The second-order valence-corrected chi connectivity index (χ2v) is 13.9. The highest BCUT2D eigenvalue weighted by atomic mass is 16.7. The molecule has 0 aliphatic carbocycles. The summed E-state index contributed by atoms with van der Waals surface area (Å²) in [5, 5.41) is 3.99. The molecule has 312 valence electrons. The highest BCUT2D eigenvalue weighted by Gasteiger charge is 2.54. The normalized spacial score (nSPS) is 26.6. The molecular weight excluding hydrogens is 762 g/mol. The van der Waals surface area contributed by atoms with Crippen molar-refractivity contribution in [2.75, 3.05) is 20.8 Å². The van der Waals surface area contributed by atoms with Gasteiger partial charge in [0.1, 0.15) is 36.6 Å². The van der Waals surface area contributed by atoms with Crippen LogP contribution in [0.15, 0.2) is 126 Å². The van der Waals surface area contributed by atoms with Gasteiger partial charge in [0.05, 0.1) is 40.1 Å². The van der Waals surface area contributed by atoms with Gasteiger partial charge in [0, 0.05) is 18.9 Å². The van der Waals surface area contributed by atoms with E-state index in [0.717, 1.165) is 22.3 Å². The Bertz CT molecular complexity index is 1920. The lowest BCUT2D eigenvalue weighted by Gasteiger charge is -2.46. The third-order valence-corrected chi connectivity index (χ3v) is 9.83. The van der Waals surface area contributed by atoms with E-state index in [-0.39, 0.29) is 33.0 Å². The smallest absolute Gasteiger partial charge is 0.339 e. The number of carbonyl (C=O) groups excluding carboxylic acids is 2. The van der Waals surface area contributed by atoms with Crippen molar-refractivity contribution in [1.29, 1.82) is 0 Å². The summed E-state index contributed by atoms with van der Waals surface area (Å²) >= 11 is 0. The van der Waals surface area contributed by atoms with Crippen molar-refractivity contribution >= 4 is 11.9 Å². The van der Waals surface area contributed by atoms with E-state index in [4.69, 9.17) is 47.4 Å². The lowest BCUT2D eigenvalue weighted by atomic mass is 9.96. The van der Waals surface area contributed by atoms with Crippen molar-refractivity contribution in [2.24, 2.45) is 5.11 Å². The molecule has 0 aromatic heterocycles. The molecule has 0 saturated carbocycles. The van der Waals surface area contributed by atoms with Crippen molar-refractivity contribution in [1.82, 2.24) is 0 Å². The molecule has 59 heavy (non-hydrogen) atoms. The van der Waals surface area contributed by atoms with Crippen molar-refractivity contribution < 1.29 is 57.0 Å². The van der Waals surface area contributed by atoms with Crippen molar-refractivity contribution in [2.45, 2.75) is 94.7 Å². The van der Waals surface area contributed by atoms with Gasteiger partial charge < -0.3 is 47.4 Å². The fourth-order valence-electron chi connectivity index (χ4n) is 6.99. The van der Waals surface area contributed by atoms with E-state index in [1.807, 2.05) is 121 Å². The van der Waals surface area contributed by atoms with E-state index in [0.29, 0.717) is 0 Å². The number of azide groups is 1. The first kappa shape index (κ1) is 43.4. The maximum atomic E-state index is 13.2. The van der Waals surface area contributed by atoms with Gasteiger partial charge in [-0.25, -0.2) is 4.79 Å². The van der Waals surface area contributed by atoms with Gasteiger partial charge in [0.15, 0.2) is 24.8 Å². The number of esters is 2. The molecule has 4 aromatic carbocycles. The van der Waals surface area contributed by atoms with Crippen LogP contribution in [0.25, 0.3) is 10.4 Å². The predicted octanol–water partition coefficient (Wildman–Crippen LogP) is 6.22. The van der Waals surface area contributed by atoms with Crippen LogP contribution >= 0.6 is 0 Å². The molecule has 0 bridgehead atoms. The minimum atomic E-state index is -1.51. The minimum absolute atomic E-state index is 0.0167. The molecule has 0 amide bonds. The van der Waals surface area contributed by atoms with E-state index in [2.05, 4.69) is 10.0 Å². The van der Waals surface area contributed by atoms with Crippen LogP contribution in [0.4, 0.5) is 0 Å². The quantitative estimate of drug-likeness (QED) is 0.0453. The summed E-state index contributed by atoms with van der Waals surface area (Å²) in [5.74, 6) is -1.58. The summed E-state index contributed by atoms with van der Waals surface area (Å²) in [6.45, 7) is 1.60. The number of benzene rings is 4. The molecule has 0 N–H and O–H groups in total. The summed E-state index contributed by atoms with van der Waals surface area (Å²) in [4.78, 5) is 28.7. The molecule has 4 aromatic rings. The highest BCUT2D eigenvalue weighted by molar-refractivity contribution is 5.76. The van der Waals surface area contributed by atoms with Gasteiger partial charge in [-0.2, -0.15) is 0 Å². The number of nitrogens with zero attached hydrogens (tertiary/aromatic N) is 3. The topological polar surface area (TPSA) is 175 Å². The Labute approximate surface area is 342 Å². The Hall–Kier alpha value is -5.19. The first-order valence-electron chi connectivity index (χ1n) is 19.2. The molecular formula is C44H49N3O12. The van der Waals surface area contributed by atoms with Gasteiger partial charge in [-0.3, -0.25) is 4.79 Å². The first-order chi connectivity index (χ1) is 28.9. The third kappa shape index (κ3) is 12.0. The molecule has 2 aliphatic heterocycles. The average molecular weight is 812 g/mol. The molecule has 15 nitrogen and oxygen atoms in total. The van der Waals surface area contributed by atoms with Crippen molar-refractivity contribution in [3.05, 3.63) is 154 Å². The second-order valence-electron chi connectivity index (χ2n) is 13.9. The molecule has 2 heterocycles. The zero-order valence-corrected chi connectivity index (χ0v) is 33.1. The fraction of sp³-hybridized carbons (Fsp3) is 0.409. The van der Waals surface area contributed by atoms with Gasteiger partial charge in [-0.1, -0.05) is 126 Å². The number of methoxy groups -OCH3 is 2. The maximum absolute atomic E-state index is 13.2. The molecule has 15 heteroatoms. The van der Waals surface area contributed by atoms with Crippen molar-refractivity contribution in [3.63, 3.8) is 0 Å². The van der Waals surface area contributed by atoms with E-state index in [9.17, 15) is 15.1 Å². The zero-order valence-electron chi connectivity index (χ0n) is 33.1. The van der Waals surface area contributed by atoms with Gasteiger partial charge in [0.2, 0.25) is 0 Å². The van der Waals surface area contributed by atoms with Gasteiger partial charge in [0.25, 0.3) is 0 Å². The Morgan fingerprint density at radius 1 is 0.593 bits per heavy atom. The molecule has 0 spiro atoms. The fourth-order valence-corrected chi connectivity index (χ4v) is 6.99. The largest absolute Gasteiger partial charge is 0.467 e. The number of rotatable bonds is 19. The van der Waals surface area contributed by atoms with E-state index >= 15 is 0 Å². The first-order valence-corrected chi connectivity index (χ1v) is 19.2. The van der Waals surface area contributed by atoms with Crippen LogP contribution in [-0.4, -0.2) is 94.1 Å². The molecule has 2 saturated heterocycles. The Kier molecular flexibility index (Phi) is 16.4. The molecule has 0 radical (unpaired) electrons. The van der Waals surface area contributed by atoms with E-state index < -0.39 is 73.3 Å². The molecule has 0 unspecified atom stereocenters. The number of hydrogen-bond acceptors (Lipinski definition) is 13. The highest BCUT2D eigenvalue weighted by Crippen LogP contribution is 2.34. The van der Waals surface area contributed by atoms with E-state index in [1.165, 1.54) is 21.1 Å². The minimum Gasteiger partial charge on any atom is -0.467 e. The zero-order chi connectivity index (χ0) is 41.4. The summed E-state index contributed by atoms with van der Waals surface area (Å²) in [5.41, 5.74) is 13.3. The summed E-state index contributed by atoms with van der Waals surface area (Å²) in [6, 6.07) is 37.0. The van der Waals surface area contributed by atoms with Gasteiger partial charge in [-0.15, -0.1) is 0 Å². The molecule has 2 fully saturated rings. The molecule has 2 aliphatic rings. The average Bonchev–Trinajstić information content (AvgIpc) is 3.27. The number of carbonyl (C=O) groups is 2. The molecule has 6 rings (SSSR count). The predicted molar refractivity (Wildman–Crippen MR) is 211 cm³/mol. The summed E-state index contributed by atoms with van der Waals surface area (Å²) < 4.78 is 61.9. The standard InChI is InChI=1S/C44H49N3O12/c1-29(48)57-39-37(53-25-31-18-10-5-11-19-31)35(46-47-45)43(59-40(39)42(49)50-2)56-28-34-36(52-24-30-16-8-4-9-17-30)38(54-26-32-20-12-6-13-21-32)41(44(51-3)58-34)55-27-33-22-14-7-15-23-33/h4-23,34-41,43-44H,24-28H2,1-3H3/t34-,35+,36-,37-,38+,39+,40+,41-,43-,44+/m1/s1. The van der Waals surface area contributed by atoms with Crippen LogP contribution in [0.5, 0.6) is 0 Å². The second kappa shape index (κ2) is 22.3. The van der Waals surface area contributed by atoms with Crippen LogP contribution in [-0.2, 0) is 83.4 Å². The summed E-state index contributed by atoms with van der Waals surface area (Å²) in [7, 11) is 2.68. The SMILES string of the molecule is COC(=O)[C@H]1O[C@@H](OC[C@H]2O[C@H](OC)[C@H](OCc3ccccc3)[C@@H](OCc3ccccc3)[C@@H]2OCc2ccccc2)[C@@H](N=[N+]=[N-])[C@@H](OCc2ccccc2)[C@@H]1OC(C)=O. The Balaban J connectivity index is 1.32. The molecule has 10 atom stereocenters. The number of hydrogen-bond donors (Lipinski definition) is 0. The van der Waals surface area contributed by atoms with Crippen LogP contribution in [0, 0.1) is 0 Å². The number of ether oxygens (including phenoxy) is 10. The van der Waals surface area contributed by atoms with Crippen LogP contribution in [0.2, 0.25) is 0 Å².